The summed E-state index contributed by atoms with van der Waals surface area (Å²) < 4.78 is 35.1. The van der Waals surface area contributed by atoms with Crippen molar-refractivity contribution in [3.05, 3.63) is 76.8 Å². The minimum absolute atomic E-state index is 0.0279. The van der Waals surface area contributed by atoms with Crippen molar-refractivity contribution in [3.8, 4) is 11.5 Å². The summed E-state index contributed by atoms with van der Waals surface area (Å²) in [6.07, 6.45) is 2.05. The molecule has 2 aromatic carbocycles. The normalized spacial score (nSPS) is 10.7. The van der Waals surface area contributed by atoms with Crippen molar-refractivity contribution in [1.82, 2.24) is 15.8 Å². The summed E-state index contributed by atoms with van der Waals surface area (Å²) in [5.41, 5.74) is 3.61. The number of fused-ring (bicyclic) bond motifs is 1. The van der Waals surface area contributed by atoms with E-state index in [1.165, 1.54) is 48.7 Å². The van der Waals surface area contributed by atoms with Crippen LogP contribution in [0, 0.1) is 18.6 Å². The van der Waals surface area contributed by atoms with Crippen LogP contribution < -0.4 is 26.2 Å². The van der Waals surface area contributed by atoms with Crippen LogP contribution in [-0.4, -0.2) is 36.0 Å². The average Bonchev–Trinajstić information content (AvgIpc) is 3.35. The average molecular weight is 570 g/mol. The molecule has 2 aromatic heterocycles. The first-order valence-electron chi connectivity index (χ1n) is 12.1. The summed E-state index contributed by atoms with van der Waals surface area (Å²) in [5, 5.41) is 7.49. The molecular weight excluding hydrogens is 544 g/mol. The zero-order valence-corrected chi connectivity index (χ0v) is 22.3. The Hall–Kier alpha value is -4.62. The van der Waals surface area contributed by atoms with Crippen LogP contribution in [0.1, 0.15) is 28.6 Å². The van der Waals surface area contributed by atoms with Crippen molar-refractivity contribution in [2.45, 2.75) is 20.3 Å². The van der Waals surface area contributed by atoms with Crippen molar-refractivity contribution >= 4 is 50.8 Å². The number of aryl methyl sites for hydroxylation is 1. The lowest BCUT2D eigenvalue weighted by Crippen LogP contribution is -2.27. The molecule has 0 spiro atoms. The molecular formula is C27H25F2N5O5S. The van der Waals surface area contributed by atoms with E-state index < -0.39 is 23.6 Å². The van der Waals surface area contributed by atoms with Crippen LogP contribution in [0.25, 0.3) is 10.2 Å². The van der Waals surface area contributed by atoms with Crippen LogP contribution in [0.2, 0.25) is 0 Å². The Morgan fingerprint density at radius 3 is 2.52 bits per heavy atom. The number of rotatable bonds is 10. The molecule has 0 atom stereocenters. The summed E-state index contributed by atoms with van der Waals surface area (Å²) in [4.78, 5) is 44.9. The lowest BCUT2D eigenvalue weighted by atomic mass is 10.2. The zero-order chi connectivity index (χ0) is 28.6. The molecule has 13 heteroatoms. The highest BCUT2D eigenvalue weighted by molar-refractivity contribution is 7.21. The second-order valence-electron chi connectivity index (χ2n) is 8.54. The number of halogens is 2. The molecule has 0 aliphatic heterocycles. The molecule has 10 nitrogen and oxygen atoms in total. The third kappa shape index (κ3) is 7.48. The Labute approximate surface area is 231 Å². The van der Waals surface area contributed by atoms with Gasteiger partial charge in [0.05, 0.1) is 26.5 Å². The Balaban J connectivity index is 1.38. The fourth-order valence-electron chi connectivity index (χ4n) is 3.51. The van der Waals surface area contributed by atoms with E-state index in [0.717, 1.165) is 11.6 Å². The van der Waals surface area contributed by atoms with E-state index >= 15 is 0 Å². The highest BCUT2D eigenvalue weighted by atomic mass is 32.1. The lowest BCUT2D eigenvalue weighted by molar-refractivity contribution is -0.148. The van der Waals surface area contributed by atoms with E-state index in [2.05, 4.69) is 31.3 Å². The third-order valence-corrected chi connectivity index (χ3v) is 6.48. The number of carbonyl (C=O) groups excluding carboxylic acids is 3. The Kier molecular flexibility index (Phi) is 9.19. The van der Waals surface area contributed by atoms with E-state index in [0.29, 0.717) is 40.4 Å². The van der Waals surface area contributed by atoms with Crippen molar-refractivity contribution in [3.63, 3.8) is 0 Å². The number of anilines is 2. The number of urea groups is 1. The number of ether oxygens (including phenoxy) is 1. The van der Waals surface area contributed by atoms with E-state index in [1.807, 2.05) is 0 Å². The van der Waals surface area contributed by atoms with Gasteiger partial charge in [0.2, 0.25) is 0 Å². The molecule has 0 saturated heterocycles. The summed E-state index contributed by atoms with van der Waals surface area (Å²) >= 11 is 1.17. The fraction of sp³-hybridized carbons (Fsp3) is 0.185. The number of aromatic nitrogens is 1. The van der Waals surface area contributed by atoms with Gasteiger partial charge in [-0.05, 0) is 49.2 Å². The molecule has 4 rings (SSSR count). The van der Waals surface area contributed by atoms with Crippen LogP contribution in [0.4, 0.5) is 25.0 Å². The fourth-order valence-corrected chi connectivity index (χ4v) is 4.49. The van der Waals surface area contributed by atoms with E-state index in [1.54, 1.807) is 25.1 Å². The highest BCUT2D eigenvalue weighted by Gasteiger charge is 2.16. The Bertz CT molecular complexity index is 1560. The zero-order valence-electron chi connectivity index (χ0n) is 21.5. The molecule has 3 amide bonds. The maximum Gasteiger partial charge on any atom is 0.323 e. The van der Waals surface area contributed by atoms with Gasteiger partial charge in [0.1, 0.15) is 23.1 Å². The van der Waals surface area contributed by atoms with Crippen molar-refractivity contribution in [1.29, 1.82) is 0 Å². The van der Waals surface area contributed by atoms with Crippen LogP contribution in [0.5, 0.6) is 11.5 Å². The predicted molar refractivity (Wildman–Crippen MR) is 147 cm³/mol. The lowest BCUT2D eigenvalue weighted by Gasteiger charge is -2.11. The first kappa shape index (κ1) is 28.4. The summed E-state index contributed by atoms with van der Waals surface area (Å²) in [7, 11) is 0. The van der Waals surface area contributed by atoms with Crippen LogP contribution in [0.3, 0.4) is 0 Å². The Morgan fingerprint density at radius 2 is 1.75 bits per heavy atom. The standard InChI is InChI=1S/C27H25F2N5O5S/c1-15-4-6-18(28)21(12-15)34-27(37)33-20-7-5-17(13-19(20)29)38-23-8-11-30-22-14-24(40-25(22)23)26(36)31-9-3-10-32-39-16(2)35/h4-8,11-14,32H,3,9-10H2,1-2H3,(H,31,36)(H2,33,34,37). The molecule has 0 bridgehead atoms. The van der Waals surface area contributed by atoms with E-state index in [4.69, 9.17) is 4.74 Å². The van der Waals surface area contributed by atoms with Crippen LogP contribution in [-0.2, 0) is 9.63 Å². The number of carbonyl (C=O) groups is 3. The van der Waals surface area contributed by atoms with Gasteiger partial charge in [-0.1, -0.05) is 6.07 Å². The third-order valence-electron chi connectivity index (χ3n) is 5.34. The molecule has 0 aliphatic carbocycles. The number of benzene rings is 2. The van der Waals surface area contributed by atoms with Gasteiger partial charge in [-0.3, -0.25) is 14.6 Å². The molecule has 0 saturated carbocycles. The van der Waals surface area contributed by atoms with Crippen molar-refractivity contribution < 1.29 is 32.7 Å². The SMILES string of the molecule is CC(=O)ONCCCNC(=O)c1cc2nccc(Oc3ccc(NC(=O)Nc4cc(C)ccc4F)c(F)c3)c2s1. The number of hydroxylamine groups is 1. The van der Waals surface area contributed by atoms with Crippen LogP contribution in [0.15, 0.2) is 54.7 Å². The molecule has 0 radical (unpaired) electrons. The van der Waals surface area contributed by atoms with Gasteiger partial charge >= 0.3 is 12.0 Å². The number of amides is 3. The molecule has 208 valence electrons. The maximum absolute atomic E-state index is 14.8. The van der Waals surface area contributed by atoms with Crippen molar-refractivity contribution in [2.24, 2.45) is 0 Å². The van der Waals surface area contributed by atoms with Crippen molar-refractivity contribution in [2.75, 3.05) is 23.7 Å². The molecule has 2 heterocycles. The summed E-state index contributed by atoms with van der Waals surface area (Å²) in [6, 6.07) is 10.5. The molecule has 0 aliphatic rings. The van der Waals surface area contributed by atoms with Gasteiger partial charge < -0.3 is 25.5 Å². The number of nitrogens with zero attached hydrogens (tertiary/aromatic N) is 1. The predicted octanol–water partition coefficient (Wildman–Crippen LogP) is 5.51. The molecule has 0 fully saturated rings. The largest absolute Gasteiger partial charge is 0.456 e. The van der Waals surface area contributed by atoms with Gasteiger partial charge in [-0.15, -0.1) is 11.3 Å². The smallest absolute Gasteiger partial charge is 0.323 e. The van der Waals surface area contributed by atoms with Gasteiger partial charge in [-0.25, -0.2) is 13.6 Å². The topological polar surface area (TPSA) is 131 Å². The number of thiophene rings is 1. The first-order chi connectivity index (χ1) is 19.2. The molecule has 4 aromatic rings. The summed E-state index contributed by atoms with van der Waals surface area (Å²) in [5.74, 6) is -1.61. The Morgan fingerprint density at radius 1 is 0.950 bits per heavy atom. The van der Waals surface area contributed by atoms with Crippen LogP contribution >= 0.6 is 11.3 Å². The molecule has 4 N–H and O–H groups in total. The molecule has 40 heavy (non-hydrogen) atoms. The number of hydrogen-bond donors (Lipinski definition) is 4. The second-order valence-corrected chi connectivity index (χ2v) is 9.59. The number of hydrogen-bond acceptors (Lipinski definition) is 8. The molecule has 0 unspecified atom stereocenters. The van der Waals surface area contributed by atoms with Gasteiger partial charge in [0, 0.05) is 38.3 Å². The van der Waals surface area contributed by atoms with Gasteiger partial charge in [0.25, 0.3) is 5.91 Å². The minimum atomic E-state index is -0.807. The number of pyridine rings is 1. The quantitative estimate of drug-likeness (QED) is 0.146. The monoisotopic (exact) mass is 569 g/mol. The first-order valence-corrected chi connectivity index (χ1v) is 12.9. The van der Waals surface area contributed by atoms with E-state index in [-0.39, 0.29) is 23.0 Å². The van der Waals surface area contributed by atoms with Gasteiger partial charge in [-0.2, -0.15) is 5.48 Å². The van der Waals surface area contributed by atoms with E-state index in [9.17, 15) is 23.2 Å². The highest BCUT2D eigenvalue weighted by Crippen LogP contribution is 2.35. The van der Waals surface area contributed by atoms with Gasteiger partial charge in [0.15, 0.2) is 0 Å². The summed E-state index contributed by atoms with van der Waals surface area (Å²) in [6.45, 7) is 3.77. The second kappa shape index (κ2) is 13.0. The maximum atomic E-state index is 14.8. The number of nitrogens with one attached hydrogen (secondary N) is 4. The minimum Gasteiger partial charge on any atom is -0.456 e.